The molecule has 114 valence electrons. The molecule has 21 heavy (non-hydrogen) atoms. The van der Waals surface area contributed by atoms with E-state index in [0.29, 0.717) is 5.92 Å². The standard InChI is InChI=1S/C17H24N2O2/c1-10(2)7-13-8-14(18(5)6)16-11(3)17(21)19(12(4)20)15(16)9-13/h8-11H,7H2,1-6H3. The largest absolute Gasteiger partial charge is 0.377 e. The van der Waals surface area contributed by atoms with Crippen LogP contribution in [0.2, 0.25) is 0 Å². The average Bonchev–Trinajstić information content (AvgIpc) is 2.60. The lowest BCUT2D eigenvalue weighted by Crippen LogP contribution is -2.32. The highest BCUT2D eigenvalue weighted by Crippen LogP contribution is 2.44. The molecular formula is C17H24N2O2. The maximum atomic E-state index is 12.4. The van der Waals surface area contributed by atoms with E-state index in [-0.39, 0.29) is 17.7 Å². The Labute approximate surface area is 126 Å². The molecule has 0 radical (unpaired) electrons. The summed E-state index contributed by atoms with van der Waals surface area (Å²) in [6, 6.07) is 4.15. The summed E-state index contributed by atoms with van der Waals surface area (Å²) >= 11 is 0. The molecule has 0 fully saturated rings. The van der Waals surface area contributed by atoms with Gasteiger partial charge in [-0.1, -0.05) is 13.8 Å². The normalized spacial score (nSPS) is 17.4. The summed E-state index contributed by atoms with van der Waals surface area (Å²) in [4.78, 5) is 27.6. The number of carbonyl (C=O) groups is 2. The van der Waals surface area contributed by atoms with Gasteiger partial charge in [0, 0.05) is 32.3 Å². The molecule has 2 rings (SSSR count). The van der Waals surface area contributed by atoms with Crippen molar-refractivity contribution in [3.63, 3.8) is 0 Å². The number of imide groups is 1. The Bertz CT molecular complexity index is 591. The molecule has 1 aliphatic rings. The SMILES string of the molecule is CC(=O)N1C(=O)C(C)c2c(N(C)C)cc(CC(C)C)cc21. The van der Waals surface area contributed by atoms with Gasteiger partial charge in [0.05, 0.1) is 11.6 Å². The van der Waals surface area contributed by atoms with Crippen LogP contribution in [0.15, 0.2) is 12.1 Å². The van der Waals surface area contributed by atoms with E-state index in [4.69, 9.17) is 0 Å². The van der Waals surface area contributed by atoms with E-state index in [1.807, 2.05) is 32.0 Å². The van der Waals surface area contributed by atoms with Crippen LogP contribution in [0.25, 0.3) is 0 Å². The van der Waals surface area contributed by atoms with Crippen molar-refractivity contribution >= 4 is 23.2 Å². The van der Waals surface area contributed by atoms with Crippen LogP contribution in [0, 0.1) is 5.92 Å². The lowest BCUT2D eigenvalue weighted by molar-refractivity contribution is -0.125. The summed E-state index contributed by atoms with van der Waals surface area (Å²) in [6.45, 7) is 7.65. The van der Waals surface area contributed by atoms with Crippen LogP contribution in [0.5, 0.6) is 0 Å². The van der Waals surface area contributed by atoms with Crippen molar-refractivity contribution < 1.29 is 9.59 Å². The third-order valence-corrected chi connectivity index (χ3v) is 3.90. The molecular weight excluding hydrogens is 264 g/mol. The van der Waals surface area contributed by atoms with Crippen molar-refractivity contribution in [1.29, 1.82) is 0 Å². The zero-order chi connectivity index (χ0) is 15.9. The fourth-order valence-electron chi connectivity index (χ4n) is 3.03. The highest BCUT2D eigenvalue weighted by Gasteiger charge is 2.39. The van der Waals surface area contributed by atoms with Gasteiger partial charge >= 0.3 is 0 Å². The number of amides is 2. The predicted molar refractivity (Wildman–Crippen MR) is 85.9 cm³/mol. The summed E-state index contributed by atoms with van der Waals surface area (Å²) in [5, 5.41) is 0. The van der Waals surface area contributed by atoms with Gasteiger partial charge in [-0.25, -0.2) is 4.90 Å². The molecule has 4 nitrogen and oxygen atoms in total. The molecule has 1 atom stereocenters. The van der Waals surface area contributed by atoms with Gasteiger partial charge in [-0.3, -0.25) is 9.59 Å². The Morgan fingerprint density at radius 1 is 1.33 bits per heavy atom. The molecule has 1 unspecified atom stereocenters. The van der Waals surface area contributed by atoms with Gasteiger partial charge < -0.3 is 4.90 Å². The van der Waals surface area contributed by atoms with Crippen LogP contribution in [0.4, 0.5) is 11.4 Å². The maximum absolute atomic E-state index is 12.4. The van der Waals surface area contributed by atoms with Gasteiger partial charge in [0.1, 0.15) is 0 Å². The topological polar surface area (TPSA) is 40.6 Å². The molecule has 0 saturated heterocycles. The van der Waals surface area contributed by atoms with Crippen LogP contribution in [-0.2, 0) is 16.0 Å². The minimum Gasteiger partial charge on any atom is -0.377 e. The third kappa shape index (κ3) is 2.67. The lowest BCUT2D eigenvalue weighted by atomic mass is 9.95. The van der Waals surface area contributed by atoms with Gasteiger partial charge in [-0.05, 0) is 37.0 Å². The Balaban J connectivity index is 2.65. The average molecular weight is 288 g/mol. The van der Waals surface area contributed by atoms with Crippen molar-refractivity contribution in [2.45, 2.75) is 40.0 Å². The molecule has 0 aromatic heterocycles. The van der Waals surface area contributed by atoms with Gasteiger partial charge in [0.25, 0.3) is 0 Å². The molecule has 1 heterocycles. The summed E-state index contributed by atoms with van der Waals surface area (Å²) < 4.78 is 0. The molecule has 1 aliphatic heterocycles. The minimum absolute atomic E-state index is 0.123. The fourth-order valence-corrected chi connectivity index (χ4v) is 3.03. The smallest absolute Gasteiger partial charge is 0.241 e. The maximum Gasteiger partial charge on any atom is 0.241 e. The highest BCUT2D eigenvalue weighted by molar-refractivity contribution is 6.21. The predicted octanol–water partition coefficient (Wildman–Crippen LogP) is 2.95. The van der Waals surface area contributed by atoms with Crippen molar-refractivity contribution in [3.8, 4) is 0 Å². The summed E-state index contributed by atoms with van der Waals surface area (Å²) in [6.07, 6.45) is 0.933. The molecule has 0 spiro atoms. The van der Waals surface area contributed by atoms with Crippen LogP contribution < -0.4 is 9.80 Å². The molecule has 0 saturated carbocycles. The lowest BCUT2D eigenvalue weighted by Gasteiger charge is -2.21. The Morgan fingerprint density at radius 2 is 1.95 bits per heavy atom. The molecule has 1 aromatic rings. The first-order valence-corrected chi connectivity index (χ1v) is 7.42. The van der Waals surface area contributed by atoms with Crippen molar-refractivity contribution in [1.82, 2.24) is 0 Å². The molecule has 2 amide bonds. The second-order valence-corrected chi connectivity index (χ2v) is 6.45. The number of benzene rings is 1. The van der Waals surface area contributed by atoms with Crippen LogP contribution in [-0.4, -0.2) is 25.9 Å². The van der Waals surface area contributed by atoms with E-state index in [2.05, 4.69) is 19.9 Å². The number of carbonyl (C=O) groups excluding carboxylic acids is 2. The van der Waals surface area contributed by atoms with E-state index in [1.165, 1.54) is 17.4 Å². The second-order valence-electron chi connectivity index (χ2n) is 6.45. The van der Waals surface area contributed by atoms with E-state index >= 15 is 0 Å². The quantitative estimate of drug-likeness (QED) is 0.858. The monoisotopic (exact) mass is 288 g/mol. The van der Waals surface area contributed by atoms with E-state index < -0.39 is 0 Å². The van der Waals surface area contributed by atoms with E-state index in [0.717, 1.165) is 23.4 Å². The van der Waals surface area contributed by atoms with Crippen molar-refractivity contribution in [2.75, 3.05) is 23.9 Å². The fraction of sp³-hybridized carbons (Fsp3) is 0.529. The minimum atomic E-state index is -0.269. The molecule has 0 N–H and O–H groups in total. The van der Waals surface area contributed by atoms with E-state index in [9.17, 15) is 9.59 Å². The molecule has 0 aliphatic carbocycles. The first-order valence-electron chi connectivity index (χ1n) is 7.42. The number of fused-ring (bicyclic) bond motifs is 1. The van der Waals surface area contributed by atoms with Crippen molar-refractivity contribution in [2.24, 2.45) is 5.92 Å². The number of rotatable bonds is 3. The Kier molecular flexibility index (Phi) is 4.08. The van der Waals surface area contributed by atoms with Gasteiger partial charge in [-0.15, -0.1) is 0 Å². The van der Waals surface area contributed by atoms with Crippen LogP contribution >= 0.6 is 0 Å². The highest BCUT2D eigenvalue weighted by atomic mass is 16.2. The summed E-state index contributed by atoms with van der Waals surface area (Å²) in [5.41, 5.74) is 3.93. The third-order valence-electron chi connectivity index (χ3n) is 3.90. The summed E-state index contributed by atoms with van der Waals surface area (Å²) in [7, 11) is 3.95. The molecule has 1 aromatic carbocycles. The van der Waals surface area contributed by atoms with Gasteiger partial charge in [-0.2, -0.15) is 0 Å². The first kappa shape index (κ1) is 15.5. The van der Waals surface area contributed by atoms with Crippen LogP contribution in [0.1, 0.15) is 44.7 Å². The number of anilines is 2. The first-order chi connectivity index (χ1) is 9.73. The Hall–Kier alpha value is -1.84. The van der Waals surface area contributed by atoms with Gasteiger partial charge in [0.2, 0.25) is 11.8 Å². The summed E-state index contributed by atoms with van der Waals surface area (Å²) in [5.74, 6) is -0.0768. The van der Waals surface area contributed by atoms with E-state index in [1.54, 1.807) is 0 Å². The molecule has 0 bridgehead atoms. The zero-order valence-corrected chi connectivity index (χ0v) is 13.7. The zero-order valence-electron chi connectivity index (χ0n) is 13.7. The molecule has 4 heteroatoms. The number of nitrogens with zero attached hydrogens (tertiary/aromatic N) is 2. The Morgan fingerprint density at radius 3 is 2.43 bits per heavy atom. The van der Waals surface area contributed by atoms with Gasteiger partial charge in [0.15, 0.2) is 0 Å². The number of hydrogen-bond donors (Lipinski definition) is 0. The van der Waals surface area contributed by atoms with Crippen LogP contribution in [0.3, 0.4) is 0 Å². The number of hydrogen-bond acceptors (Lipinski definition) is 3. The van der Waals surface area contributed by atoms with Crippen molar-refractivity contribution in [3.05, 3.63) is 23.3 Å². The second kappa shape index (κ2) is 5.51.